The third kappa shape index (κ3) is 3.38. The topological polar surface area (TPSA) is 25.2 Å². The molecule has 0 aliphatic carbocycles. The summed E-state index contributed by atoms with van der Waals surface area (Å²) < 4.78 is 27.3. The van der Waals surface area contributed by atoms with Crippen LogP contribution in [0.3, 0.4) is 0 Å². The van der Waals surface area contributed by atoms with E-state index in [0.29, 0.717) is 29.9 Å². The molecule has 2 nitrogen and oxygen atoms in total. The molecule has 1 aromatic heterocycles. The Kier molecular flexibility index (Phi) is 4.28. The van der Waals surface area contributed by atoms with E-state index in [4.69, 9.17) is 0 Å². The molecule has 1 aliphatic heterocycles. The number of pyridine rings is 1. The van der Waals surface area contributed by atoms with Crippen molar-refractivity contribution >= 4 is 5.71 Å². The van der Waals surface area contributed by atoms with Crippen molar-refractivity contribution in [3.05, 3.63) is 100 Å². The Bertz CT molecular complexity index is 1060. The van der Waals surface area contributed by atoms with Crippen LogP contribution in [0.4, 0.5) is 8.78 Å². The van der Waals surface area contributed by atoms with Crippen LogP contribution in [0, 0.1) is 23.5 Å². The van der Waals surface area contributed by atoms with E-state index in [0.717, 1.165) is 28.8 Å². The Hall–Kier alpha value is -3.32. The van der Waals surface area contributed by atoms with Gasteiger partial charge in [-0.1, -0.05) is 18.2 Å². The van der Waals surface area contributed by atoms with Crippen LogP contribution in [0.2, 0.25) is 0 Å². The summed E-state index contributed by atoms with van der Waals surface area (Å²) in [6.07, 6.45) is 2.01. The van der Waals surface area contributed by atoms with Crippen LogP contribution in [-0.2, 0) is 13.0 Å². The number of aromatic nitrogens is 1. The second-order valence-corrected chi connectivity index (χ2v) is 6.03. The zero-order valence-corrected chi connectivity index (χ0v) is 13.8. The highest BCUT2D eigenvalue weighted by atomic mass is 19.1. The first kappa shape index (κ1) is 16.2. The van der Waals surface area contributed by atoms with Crippen molar-refractivity contribution in [1.29, 1.82) is 0 Å². The van der Waals surface area contributed by atoms with Gasteiger partial charge < -0.3 is 0 Å². The summed E-state index contributed by atoms with van der Waals surface area (Å²) in [5.41, 5.74) is 4.64. The average molecular weight is 344 g/mol. The summed E-state index contributed by atoms with van der Waals surface area (Å²) in [5.74, 6) is 5.24. The van der Waals surface area contributed by atoms with Crippen molar-refractivity contribution in [3.8, 4) is 11.8 Å². The maximum Gasteiger partial charge on any atom is 0.126 e. The largest absolute Gasteiger partial charge is 0.271 e. The third-order valence-corrected chi connectivity index (χ3v) is 4.21. The molecule has 3 aromatic rings. The van der Waals surface area contributed by atoms with Gasteiger partial charge >= 0.3 is 0 Å². The second-order valence-electron chi connectivity index (χ2n) is 6.03. The molecule has 2 heterocycles. The summed E-state index contributed by atoms with van der Waals surface area (Å²) in [6, 6.07) is 14.9. The average Bonchev–Trinajstić information content (AvgIpc) is 3.06. The molecule has 0 bridgehead atoms. The Morgan fingerprint density at radius 2 is 1.88 bits per heavy atom. The SMILES string of the molecule is Fc1ccc(F)c(Cc2ccc3c(c2)C(C#Cc2ccccn2)=NC3)c1. The zero-order valence-electron chi connectivity index (χ0n) is 13.8. The number of nitrogens with zero attached hydrogens (tertiary/aromatic N) is 2. The van der Waals surface area contributed by atoms with Crippen LogP contribution in [0.25, 0.3) is 0 Å². The molecule has 126 valence electrons. The fourth-order valence-corrected chi connectivity index (χ4v) is 2.91. The van der Waals surface area contributed by atoms with E-state index in [1.165, 1.54) is 6.07 Å². The zero-order chi connectivity index (χ0) is 17.9. The molecule has 0 saturated heterocycles. The highest BCUT2D eigenvalue weighted by Crippen LogP contribution is 2.23. The van der Waals surface area contributed by atoms with E-state index in [9.17, 15) is 8.78 Å². The van der Waals surface area contributed by atoms with Gasteiger partial charge in [0.15, 0.2) is 0 Å². The standard InChI is InChI=1S/C22H14F2N2/c23-18-6-8-21(24)17(13-18)11-15-4-5-16-14-26-22(20(16)12-15)9-7-19-3-1-2-10-25-19/h1-6,8,10,12-13H,11,14H2. The van der Waals surface area contributed by atoms with Crippen LogP contribution in [0.15, 0.2) is 65.8 Å². The lowest BCUT2D eigenvalue weighted by Crippen LogP contribution is -1.99. The van der Waals surface area contributed by atoms with Gasteiger partial charge in [-0.25, -0.2) is 13.8 Å². The van der Waals surface area contributed by atoms with E-state index in [1.807, 2.05) is 36.4 Å². The van der Waals surface area contributed by atoms with Crippen LogP contribution in [-0.4, -0.2) is 10.7 Å². The van der Waals surface area contributed by atoms with Gasteiger partial charge in [0, 0.05) is 18.2 Å². The normalized spacial score (nSPS) is 12.2. The molecule has 1 aliphatic rings. The van der Waals surface area contributed by atoms with Crippen molar-refractivity contribution in [3.63, 3.8) is 0 Å². The summed E-state index contributed by atoms with van der Waals surface area (Å²) in [4.78, 5) is 8.66. The monoisotopic (exact) mass is 344 g/mol. The second kappa shape index (κ2) is 6.89. The van der Waals surface area contributed by atoms with Crippen LogP contribution < -0.4 is 0 Å². The third-order valence-electron chi connectivity index (χ3n) is 4.21. The molecule has 0 saturated carbocycles. The molecule has 4 rings (SSSR count). The molecule has 0 atom stereocenters. The van der Waals surface area contributed by atoms with Gasteiger partial charge in [-0.15, -0.1) is 0 Å². The summed E-state index contributed by atoms with van der Waals surface area (Å²) in [6.45, 7) is 0.580. The minimum Gasteiger partial charge on any atom is -0.271 e. The molecular weight excluding hydrogens is 330 g/mol. The first-order valence-electron chi connectivity index (χ1n) is 8.23. The number of aliphatic imine (C=N–C) groups is 1. The molecule has 0 spiro atoms. The van der Waals surface area contributed by atoms with Crippen molar-refractivity contribution in [1.82, 2.24) is 4.98 Å². The summed E-state index contributed by atoms with van der Waals surface area (Å²) >= 11 is 0. The first-order valence-corrected chi connectivity index (χ1v) is 8.23. The Morgan fingerprint density at radius 3 is 2.73 bits per heavy atom. The molecule has 0 N–H and O–H groups in total. The van der Waals surface area contributed by atoms with Crippen molar-refractivity contribution in [2.45, 2.75) is 13.0 Å². The lowest BCUT2D eigenvalue weighted by Gasteiger charge is -2.06. The van der Waals surface area contributed by atoms with E-state index in [2.05, 4.69) is 21.8 Å². The molecular formula is C22H14F2N2. The molecule has 4 heteroatoms. The highest BCUT2D eigenvalue weighted by Gasteiger charge is 2.15. The smallest absolute Gasteiger partial charge is 0.126 e. The van der Waals surface area contributed by atoms with Crippen molar-refractivity contribution < 1.29 is 8.78 Å². The van der Waals surface area contributed by atoms with Gasteiger partial charge in [0.1, 0.15) is 23.0 Å². The molecule has 2 aromatic carbocycles. The highest BCUT2D eigenvalue weighted by molar-refractivity contribution is 6.15. The minimum absolute atomic E-state index is 0.317. The summed E-state index contributed by atoms with van der Waals surface area (Å²) in [5, 5.41) is 0. The molecule has 0 unspecified atom stereocenters. The Balaban J connectivity index is 1.62. The van der Waals surface area contributed by atoms with Crippen LogP contribution in [0.1, 0.15) is 27.9 Å². The van der Waals surface area contributed by atoms with Gasteiger partial charge in [0.25, 0.3) is 0 Å². The number of fused-ring (bicyclic) bond motifs is 1. The number of hydrogen-bond acceptors (Lipinski definition) is 2. The molecule has 0 radical (unpaired) electrons. The predicted molar refractivity (Wildman–Crippen MR) is 97.0 cm³/mol. The maximum absolute atomic E-state index is 13.9. The minimum atomic E-state index is -0.439. The first-order chi connectivity index (χ1) is 12.7. The maximum atomic E-state index is 13.9. The predicted octanol–water partition coefficient (Wildman–Crippen LogP) is 4.31. The number of benzene rings is 2. The van der Waals surface area contributed by atoms with Crippen LogP contribution in [0.5, 0.6) is 0 Å². The van der Waals surface area contributed by atoms with Gasteiger partial charge in [-0.05, 0) is 64.9 Å². The lowest BCUT2D eigenvalue weighted by molar-refractivity contribution is 0.588. The number of hydrogen-bond donors (Lipinski definition) is 0. The number of rotatable bonds is 2. The van der Waals surface area contributed by atoms with E-state index in [-0.39, 0.29) is 0 Å². The van der Waals surface area contributed by atoms with Gasteiger partial charge in [0.2, 0.25) is 0 Å². The van der Waals surface area contributed by atoms with Gasteiger partial charge in [-0.2, -0.15) is 0 Å². The molecule has 0 fully saturated rings. The fourth-order valence-electron chi connectivity index (χ4n) is 2.91. The van der Waals surface area contributed by atoms with E-state index in [1.54, 1.807) is 6.20 Å². The number of halogens is 2. The Labute approximate surface area is 150 Å². The van der Waals surface area contributed by atoms with E-state index >= 15 is 0 Å². The molecule has 26 heavy (non-hydrogen) atoms. The lowest BCUT2D eigenvalue weighted by atomic mass is 9.98. The molecule has 0 amide bonds. The fraction of sp³-hybridized carbons (Fsp3) is 0.0909. The van der Waals surface area contributed by atoms with Crippen molar-refractivity contribution in [2.75, 3.05) is 0 Å². The van der Waals surface area contributed by atoms with Crippen molar-refractivity contribution in [2.24, 2.45) is 4.99 Å². The summed E-state index contributed by atoms with van der Waals surface area (Å²) in [7, 11) is 0. The van der Waals surface area contributed by atoms with Gasteiger partial charge in [0.05, 0.1) is 6.54 Å². The Morgan fingerprint density at radius 1 is 0.962 bits per heavy atom. The van der Waals surface area contributed by atoms with Gasteiger partial charge in [-0.3, -0.25) is 4.99 Å². The van der Waals surface area contributed by atoms with E-state index < -0.39 is 11.6 Å². The quantitative estimate of drug-likeness (QED) is 0.636. The van der Waals surface area contributed by atoms with Crippen LogP contribution >= 0.6 is 0 Å².